The number of allylic oxidation sites excluding steroid dienone is 4. The Morgan fingerprint density at radius 3 is 2.19 bits per heavy atom. The van der Waals surface area contributed by atoms with E-state index in [2.05, 4.69) is 27.8 Å². The molecular formula is C30H31BrClNO4. The third-order valence-electron chi connectivity index (χ3n) is 7.40. The Bertz CT molecular complexity index is 1270. The van der Waals surface area contributed by atoms with E-state index in [0.29, 0.717) is 42.6 Å². The topological polar surface area (TPSA) is 55.8 Å². The predicted molar refractivity (Wildman–Crippen MR) is 148 cm³/mol. The van der Waals surface area contributed by atoms with Crippen molar-refractivity contribution in [2.24, 2.45) is 0 Å². The summed E-state index contributed by atoms with van der Waals surface area (Å²) in [6.45, 7) is 5.50. The average molecular weight is 585 g/mol. The molecule has 0 radical (unpaired) electrons. The third kappa shape index (κ3) is 4.86. The second-order valence-electron chi connectivity index (χ2n) is 9.59. The number of rotatable bonds is 7. The average Bonchev–Trinajstić information content (AvgIpc) is 2.88. The summed E-state index contributed by atoms with van der Waals surface area (Å²) in [6.07, 6.45) is 4.37. The molecule has 2 aromatic rings. The minimum absolute atomic E-state index is 0.123. The van der Waals surface area contributed by atoms with Crippen LogP contribution in [0.3, 0.4) is 0 Å². The molecule has 37 heavy (non-hydrogen) atoms. The van der Waals surface area contributed by atoms with E-state index in [4.69, 9.17) is 21.1 Å². The van der Waals surface area contributed by atoms with E-state index in [1.807, 2.05) is 43.3 Å². The normalized spacial score (nSPS) is 18.2. The van der Waals surface area contributed by atoms with E-state index < -0.39 is 5.92 Å². The fraction of sp³-hybridized carbons (Fsp3) is 0.400. The first kappa shape index (κ1) is 26.1. The van der Waals surface area contributed by atoms with Gasteiger partial charge in [0, 0.05) is 57.9 Å². The largest absolute Gasteiger partial charge is 0.490 e. The van der Waals surface area contributed by atoms with Gasteiger partial charge in [0.15, 0.2) is 23.1 Å². The first-order chi connectivity index (χ1) is 17.9. The number of carbonyl (C=O) groups is 2. The molecule has 0 spiro atoms. The maximum Gasteiger partial charge on any atom is 0.180 e. The number of benzene rings is 2. The number of Topliss-reactive ketones (excluding diaryl/α,β-unsaturated/α-hetero) is 2. The molecule has 5 rings (SSSR count). The van der Waals surface area contributed by atoms with E-state index in [1.54, 1.807) is 0 Å². The predicted octanol–water partition coefficient (Wildman–Crippen LogP) is 7.51. The fourth-order valence-corrected chi connectivity index (χ4v) is 6.53. The minimum Gasteiger partial charge on any atom is -0.490 e. The Labute approximate surface area is 231 Å². The molecule has 0 unspecified atom stereocenters. The van der Waals surface area contributed by atoms with Crippen LogP contribution in [-0.2, 0) is 16.2 Å². The molecule has 0 saturated heterocycles. The lowest BCUT2D eigenvalue weighted by Crippen LogP contribution is -2.39. The lowest BCUT2D eigenvalue weighted by Gasteiger charge is -2.43. The van der Waals surface area contributed by atoms with Crippen LogP contribution in [0.2, 0.25) is 5.02 Å². The Hall–Kier alpha value is -2.57. The molecule has 2 aromatic carbocycles. The van der Waals surface area contributed by atoms with Crippen molar-refractivity contribution in [3.8, 4) is 11.5 Å². The van der Waals surface area contributed by atoms with Gasteiger partial charge in [0.1, 0.15) is 6.61 Å². The highest BCUT2D eigenvalue weighted by atomic mass is 79.9. The van der Waals surface area contributed by atoms with Crippen molar-refractivity contribution in [1.82, 2.24) is 4.90 Å². The zero-order chi connectivity index (χ0) is 26.1. The lowest BCUT2D eigenvalue weighted by atomic mass is 9.71. The summed E-state index contributed by atoms with van der Waals surface area (Å²) < 4.78 is 13.1. The van der Waals surface area contributed by atoms with Gasteiger partial charge < -0.3 is 14.4 Å². The standard InChI is InChI=1S/C30H31BrClNO4/c1-3-33-22-11-7-13-24(34)28(22)27(29-23(33)12-8-14-25(29)35)19-15-21(32)30(26(16-19)36-4-2)37-17-18-9-5-6-10-20(18)31/h5-6,9-10,15-16,27H,3-4,7-8,11-14,17H2,1-2H3. The molecule has 0 amide bonds. The highest BCUT2D eigenvalue weighted by Gasteiger charge is 2.43. The number of nitrogens with zero attached hydrogens (tertiary/aromatic N) is 1. The Kier molecular flexibility index (Phi) is 7.77. The van der Waals surface area contributed by atoms with Crippen LogP contribution in [0.4, 0.5) is 0 Å². The molecule has 1 aliphatic heterocycles. The number of ether oxygens (including phenoxy) is 2. The van der Waals surface area contributed by atoms with Gasteiger partial charge in [-0.3, -0.25) is 9.59 Å². The summed E-state index contributed by atoms with van der Waals surface area (Å²) in [5.41, 5.74) is 5.44. The number of carbonyl (C=O) groups excluding carboxylic acids is 2. The third-order valence-corrected chi connectivity index (χ3v) is 8.45. The zero-order valence-electron chi connectivity index (χ0n) is 21.2. The van der Waals surface area contributed by atoms with Crippen molar-refractivity contribution in [3.63, 3.8) is 0 Å². The van der Waals surface area contributed by atoms with Crippen LogP contribution >= 0.6 is 27.5 Å². The van der Waals surface area contributed by atoms with Crippen LogP contribution in [0, 0.1) is 0 Å². The van der Waals surface area contributed by atoms with Gasteiger partial charge in [-0.25, -0.2) is 0 Å². The van der Waals surface area contributed by atoms with E-state index in [-0.39, 0.29) is 11.6 Å². The first-order valence-corrected chi connectivity index (χ1v) is 14.2. The highest BCUT2D eigenvalue weighted by Crippen LogP contribution is 2.51. The summed E-state index contributed by atoms with van der Waals surface area (Å²) >= 11 is 10.4. The van der Waals surface area contributed by atoms with Crippen LogP contribution in [0.1, 0.15) is 69.4 Å². The van der Waals surface area contributed by atoms with E-state index in [0.717, 1.165) is 70.4 Å². The van der Waals surface area contributed by atoms with Crippen LogP contribution in [0.5, 0.6) is 11.5 Å². The molecule has 0 bridgehead atoms. The van der Waals surface area contributed by atoms with Gasteiger partial charge in [-0.15, -0.1) is 0 Å². The summed E-state index contributed by atoms with van der Waals surface area (Å²) in [7, 11) is 0. The molecule has 2 aliphatic carbocycles. The summed E-state index contributed by atoms with van der Waals surface area (Å²) in [4.78, 5) is 29.0. The Balaban J connectivity index is 1.62. The number of ketones is 2. The summed E-state index contributed by atoms with van der Waals surface area (Å²) in [5.74, 6) is 0.798. The first-order valence-electron chi connectivity index (χ1n) is 13.1. The van der Waals surface area contributed by atoms with Gasteiger partial charge in [0.05, 0.1) is 11.6 Å². The molecule has 194 valence electrons. The van der Waals surface area contributed by atoms with Crippen LogP contribution in [0.25, 0.3) is 0 Å². The monoisotopic (exact) mass is 583 g/mol. The summed E-state index contributed by atoms with van der Waals surface area (Å²) in [5, 5.41) is 0.404. The number of hydrogen-bond donors (Lipinski definition) is 0. The van der Waals surface area contributed by atoms with Crippen molar-refractivity contribution in [2.45, 2.75) is 64.9 Å². The van der Waals surface area contributed by atoms with E-state index in [9.17, 15) is 9.59 Å². The molecule has 0 saturated carbocycles. The molecule has 5 nitrogen and oxygen atoms in total. The minimum atomic E-state index is -0.428. The van der Waals surface area contributed by atoms with Crippen LogP contribution in [-0.4, -0.2) is 29.6 Å². The summed E-state index contributed by atoms with van der Waals surface area (Å²) in [6, 6.07) is 11.6. The van der Waals surface area contributed by atoms with E-state index >= 15 is 0 Å². The van der Waals surface area contributed by atoms with Gasteiger partial charge >= 0.3 is 0 Å². The van der Waals surface area contributed by atoms with Gasteiger partial charge in [0.2, 0.25) is 0 Å². The van der Waals surface area contributed by atoms with Crippen molar-refractivity contribution in [1.29, 1.82) is 0 Å². The van der Waals surface area contributed by atoms with Crippen LogP contribution < -0.4 is 9.47 Å². The second kappa shape index (κ2) is 11.0. The van der Waals surface area contributed by atoms with Gasteiger partial charge in [-0.1, -0.05) is 45.7 Å². The number of hydrogen-bond acceptors (Lipinski definition) is 5. The molecule has 1 heterocycles. The molecule has 0 fully saturated rings. The van der Waals surface area contributed by atoms with Crippen molar-refractivity contribution >= 4 is 39.1 Å². The highest BCUT2D eigenvalue weighted by molar-refractivity contribution is 9.10. The van der Waals surface area contributed by atoms with Gasteiger partial charge in [0.25, 0.3) is 0 Å². The van der Waals surface area contributed by atoms with Crippen molar-refractivity contribution in [3.05, 3.63) is 79.6 Å². The molecule has 3 aliphatic rings. The molecule has 0 aromatic heterocycles. The van der Waals surface area contributed by atoms with Crippen molar-refractivity contribution < 1.29 is 19.1 Å². The van der Waals surface area contributed by atoms with Crippen molar-refractivity contribution in [2.75, 3.05) is 13.2 Å². The maximum absolute atomic E-state index is 13.4. The molecule has 0 atom stereocenters. The quantitative estimate of drug-likeness (QED) is 0.337. The van der Waals surface area contributed by atoms with Gasteiger partial charge in [-0.2, -0.15) is 0 Å². The van der Waals surface area contributed by atoms with Crippen LogP contribution in [0.15, 0.2) is 63.4 Å². The molecule has 7 heteroatoms. The molecule has 0 N–H and O–H groups in total. The lowest BCUT2D eigenvalue weighted by molar-refractivity contribution is -0.117. The Morgan fingerprint density at radius 1 is 0.946 bits per heavy atom. The number of halogens is 2. The molecular weight excluding hydrogens is 554 g/mol. The second-order valence-corrected chi connectivity index (χ2v) is 10.9. The SMILES string of the molecule is CCOc1cc(C2C3=C(CCCC3=O)N(CC)C3=C2C(=O)CCC3)cc(Cl)c1OCc1ccccc1Br. The smallest absolute Gasteiger partial charge is 0.180 e. The Morgan fingerprint density at radius 2 is 1.59 bits per heavy atom. The zero-order valence-corrected chi connectivity index (χ0v) is 23.6. The maximum atomic E-state index is 13.4. The van der Waals surface area contributed by atoms with Gasteiger partial charge in [-0.05, 0) is 63.3 Å². The van der Waals surface area contributed by atoms with E-state index in [1.165, 1.54) is 0 Å². The fourth-order valence-electron chi connectivity index (χ4n) is 5.85.